The number of aryl methyl sites for hydroxylation is 1. The van der Waals surface area contributed by atoms with E-state index in [1.807, 2.05) is 37.3 Å². The summed E-state index contributed by atoms with van der Waals surface area (Å²) in [6.45, 7) is 2.70. The quantitative estimate of drug-likeness (QED) is 0.607. The second kappa shape index (κ2) is 6.97. The number of carbonyl (C=O) groups is 1. The van der Waals surface area contributed by atoms with Crippen LogP contribution >= 0.6 is 15.9 Å². The number of rotatable bonds is 4. The second-order valence-electron chi connectivity index (χ2n) is 5.33. The first kappa shape index (κ1) is 16.4. The molecule has 6 heteroatoms. The van der Waals surface area contributed by atoms with Crippen molar-refractivity contribution in [3.63, 3.8) is 0 Å². The molecular formula is C18H16BrN3O2. The molecule has 1 heterocycles. The maximum atomic E-state index is 12.2. The van der Waals surface area contributed by atoms with Crippen molar-refractivity contribution >= 4 is 38.4 Å². The lowest BCUT2D eigenvalue weighted by molar-refractivity contribution is 0.0994. The number of aromatic hydroxyl groups is 1. The number of fused-ring (bicyclic) bond motifs is 1. The number of aromatic nitrogens is 1. The van der Waals surface area contributed by atoms with Crippen LogP contribution in [-0.4, -0.2) is 15.6 Å². The Balaban J connectivity index is 2.03. The van der Waals surface area contributed by atoms with Gasteiger partial charge in [0.2, 0.25) is 5.88 Å². The fraction of sp³-hybridized carbons (Fsp3) is 0.167. The molecule has 0 saturated heterocycles. The van der Waals surface area contributed by atoms with Crippen LogP contribution in [0.1, 0.15) is 23.7 Å². The summed E-state index contributed by atoms with van der Waals surface area (Å²) in [5.41, 5.74) is 1.62. The van der Waals surface area contributed by atoms with Crippen LogP contribution in [0.3, 0.4) is 0 Å². The Morgan fingerprint density at radius 1 is 1.17 bits per heavy atom. The minimum absolute atomic E-state index is 0.0294. The summed E-state index contributed by atoms with van der Waals surface area (Å²) >= 11 is 3.33. The van der Waals surface area contributed by atoms with Gasteiger partial charge in [0.1, 0.15) is 0 Å². The van der Waals surface area contributed by atoms with E-state index in [9.17, 15) is 9.90 Å². The number of carbonyl (C=O) groups excluding carboxylic acids is 1. The molecule has 3 aromatic rings. The van der Waals surface area contributed by atoms with E-state index in [-0.39, 0.29) is 5.88 Å². The summed E-state index contributed by atoms with van der Waals surface area (Å²) in [5.74, 6) is -0.434. The molecule has 0 atom stereocenters. The van der Waals surface area contributed by atoms with Crippen LogP contribution < -0.4 is 0 Å². The standard InChI is InChI=1S/C18H16BrN3O2/c1-2-11-22-15-10-6-4-8-13(15)16(18(22)24)20-21-17(23)12-7-3-5-9-14(12)19/h3-10,24H,2,11H2,1H3. The van der Waals surface area contributed by atoms with Crippen LogP contribution in [0.5, 0.6) is 5.88 Å². The highest BCUT2D eigenvalue weighted by molar-refractivity contribution is 9.10. The summed E-state index contributed by atoms with van der Waals surface area (Å²) in [5, 5.41) is 19.1. The average Bonchev–Trinajstić information content (AvgIpc) is 2.86. The summed E-state index contributed by atoms with van der Waals surface area (Å²) in [6, 6.07) is 14.6. The Bertz CT molecular complexity index is 931. The number of halogens is 1. The Hall–Kier alpha value is -2.47. The molecule has 2 aromatic carbocycles. The first-order valence-electron chi connectivity index (χ1n) is 7.64. The highest BCUT2D eigenvalue weighted by Gasteiger charge is 2.16. The van der Waals surface area contributed by atoms with Crippen molar-refractivity contribution in [3.05, 3.63) is 58.6 Å². The first-order valence-corrected chi connectivity index (χ1v) is 8.43. The number of hydrogen-bond donors (Lipinski definition) is 1. The molecule has 0 aliphatic heterocycles. The maximum absolute atomic E-state index is 12.2. The fourth-order valence-corrected chi connectivity index (χ4v) is 3.06. The van der Waals surface area contributed by atoms with Crippen LogP contribution in [0.15, 0.2) is 63.2 Å². The van der Waals surface area contributed by atoms with Gasteiger partial charge in [-0.25, -0.2) is 0 Å². The minimum atomic E-state index is -0.464. The van der Waals surface area contributed by atoms with Gasteiger partial charge in [0, 0.05) is 16.4 Å². The molecule has 0 aliphatic rings. The fourth-order valence-electron chi connectivity index (χ4n) is 2.60. The zero-order chi connectivity index (χ0) is 17.1. The van der Waals surface area contributed by atoms with Crippen molar-refractivity contribution in [3.8, 4) is 5.88 Å². The Labute approximate surface area is 147 Å². The molecule has 24 heavy (non-hydrogen) atoms. The normalized spacial score (nSPS) is 11.4. The lowest BCUT2D eigenvalue weighted by Crippen LogP contribution is -1.95. The molecule has 1 N–H and O–H groups in total. The molecule has 0 fully saturated rings. The molecule has 5 nitrogen and oxygen atoms in total. The third kappa shape index (κ3) is 2.97. The van der Waals surface area contributed by atoms with E-state index < -0.39 is 5.91 Å². The number of benzene rings is 2. The molecule has 0 aliphatic carbocycles. The van der Waals surface area contributed by atoms with E-state index in [2.05, 4.69) is 26.2 Å². The third-order valence-electron chi connectivity index (χ3n) is 3.71. The topological polar surface area (TPSA) is 66.9 Å². The van der Waals surface area contributed by atoms with E-state index in [0.717, 1.165) is 17.3 Å². The Morgan fingerprint density at radius 3 is 2.62 bits per heavy atom. The molecule has 1 amide bonds. The van der Waals surface area contributed by atoms with Gasteiger partial charge < -0.3 is 9.67 Å². The van der Waals surface area contributed by atoms with Crippen LogP contribution in [0.4, 0.5) is 5.69 Å². The highest BCUT2D eigenvalue weighted by atomic mass is 79.9. The van der Waals surface area contributed by atoms with Crippen LogP contribution in [0.2, 0.25) is 0 Å². The average molecular weight is 386 g/mol. The molecule has 0 spiro atoms. The van der Waals surface area contributed by atoms with Gasteiger partial charge >= 0.3 is 0 Å². The second-order valence-corrected chi connectivity index (χ2v) is 6.18. The van der Waals surface area contributed by atoms with Crippen LogP contribution in [-0.2, 0) is 6.54 Å². The number of azo groups is 1. The molecule has 1 aromatic heterocycles. The lowest BCUT2D eigenvalue weighted by Gasteiger charge is -2.03. The van der Waals surface area contributed by atoms with Crippen molar-refractivity contribution in [1.29, 1.82) is 0 Å². The van der Waals surface area contributed by atoms with E-state index in [1.165, 1.54) is 0 Å². The van der Waals surface area contributed by atoms with Gasteiger partial charge in [-0.1, -0.05) is 37.3 Å². The Morgan fingerprint density at radius 2 is 1.88 bits per heavy atom. The van der Waals surface area contributed by atoms with Crippen LogP contribution in [0.25, 0.3) is 10.9 Å². The monoisotopic (exact) mass is 385 g/mol. The van der Waals surface area contributed by atoms with Crippen LogP contribution in [0, 0.1) is 0 Å². The smallest absolute Gasteiger partial charge is 0.296 e. The van der Waals surface area contributed by atoms with Crippen molar-refractivity contribution in [2.45, 2.75) is 19.9 Å². The molecular weight excluding hydrogens is 370 g/mol. The third-order valence-corrected chi connectivity index (χ3v) is 4.40. The number of amides is 1. The van der Waals surface area contributed by atoms with Gasteiger partial charge in [0.05, 0.1) is 11.1 Å². The molecule has 122 valence electrons. The summed E-state index contributed by atoms with van der Waals surface area (Å²) in [4.78, 5) is 12.2. The summed E-state index contributed by atoms with van der Waals surface area (Å²) < 4.78 is 2.44. The molecule has 3 rings (SSSR count). The Kier molecular flexibility index (Phi) is 4.76. The van der Waals surface area contributed by atoms with Gasteiger partial charge in [-0.3, -0.25) is 4.79 Å². The SMILES string of the molecule is CCCn1c(O)c(N=NC(=O)c2ccccc2Br)c2ccccc21. The zero-order valence-electron chi connectivity index (χ0n) is 13.1. The van der Waals surface area contributed by atoms with E-state index in [4.69, 9.17) is 0 Å². The largest absolute Gasteiger partial charge is 0.493 e. The summed E-state index contributed by atoms with van der Waals surface area (Å²) in [7, 11) is 0. The number of para-hydroxylation sites is 1. The lowest BCUT2D eigenvalue weighted by atomic mass is 10.2. The van der Waals surface area contributed by atoms with E-state index >= 15 is 0 Å². The van der Waals surface area contributed by atoms with Gasteiger partial charge in [0.25, 0.3) is 5.91 Å². The van der Waals surface area contributed by atoms with Gasteiger partial charge in [-0.15, -0.1) is 10.2 Å². The summed E-state index contributed by atoms with van der Waals surface area (Å²) in [6.07, 6.45) is 0.874. The van der Waals surface area contributed by atoms with Gasteiger partial charge in [0.15, 0.2) is 5.69 Å². The number of nitrogens with zero attached hydrogens (tertiary/aromatic N) is 3. The van der Waals surface area contributed by atoms with Crippen molar-refractivity contribution in [2.75, 3.05) is 0 Å². The highest BCUT2D eigenvalue weighted by Crippen LogP contribution is 2.39. The van der Waals surface area contributed by atoms with Crippen molar-refractivity contribution < 1.29 is 9.90 Å². The van der Waals surface area contributed by atoms with E-state index in [0.29, 0.717) is 22.3 Å². The number of hydrogen-bond acceptors (Lipinski definition) is 3. The molecule has 0 bridgehead atoms. The van der Waals surface area contributed by atoms with Crippen molar-refractivity contribution in [1.82, 2.24) is 4.57 Å². The van der Waals surface area contributed by atoms with E-state index in [1.54, 1.807) is 22.8 Å². The molecule has 0 radical (unpaired) electrons. The van der Waals surface area contributed by atoms with Gasteiger partial charge in [-0.2, -0.15) is 0 Å². The predicted molar refractivity (Wildman–Crippen MR) is 96.9 cm³/mol. The maximum Gasteiger partial charge on any atom is 0.296 e. The molecule has 0 saturated carbocycles. The van der Waals surface area contributed by atoms with Gasteiger partial charge in [-0.05, 0) is 40.5 Å². The predicted octanol–water partition coefficient (Wildman–Crippen LogP) is 5.44. The molecule has 0 unspecified atom stereocenters. The zero-order valence-corrected chi connectivity index (χ0v) is 14.7. The first-order chi connectivity index (χ1) is 11.6. The minimum Gasteiger partial charge on any atom is -0.493 e. The van der Waals surface area contributed by atoms with Crippen molar-refractivity contribution in [2.24, 2.45) is 10.2 Å².